The number of nitrogens with one attached hydrogen (secondary N) is 3. The minimum Gasteiger partial charge on any atom is -0.352 e. The normalized spacial score (nSPS) is 14.3. The second-order valence-electron chi connectivity index (χ2n) is 8.04. The molecule has 1 aromatic heterocycles. The summed E-state index contributed by atoms with van der Waals surface area (Å²) >= 11 is 0. The third-order valence-corrected chi connectivity index (χ3v) is 5.20. The molecule has 1 aromatic carbocycles. The monoisotopic (exact) mass is 434 g/mol. The molecule has 8 nitrogen and oxygen atoms in total. The van der Waals surface area contributed by atoms with Gasteiger partial charge in [0, 0.05) is 17.8 Å². The van der Waals surface area contributed by atoms with E-state index in [2.05, 4.69) is 26.3 Å². The molecule has 30 heavy (non-hydrogen) atoms. The van der Waals surface area contributed by atoms with Crippen molar-refractivity contribution in [2.75, 3.05) is 25.0 Å². The van der Waals surface area contributed by atoms with Crippen LogP contribution in [0.4, 0.5) is 5.69 Å². The third kappa shape index (κ3) is 5.58. The molecule has 0 unspecified atom stereocenters. The molecular weight excluding hydrogens is 404 g/mol. The van der Waals surface area contributed by atoms with Gasteiger partial charge in [0.1, 0.15) is 0 Å². The molecule has 2 aromatic rings. The number of benzene rings is 1. The van der Waals surface area contributed by atoms with Gasteiger partial charge in [0.25, 0.3) is 11.8 Å². The van der Waals surface area contributed by atoms with Crippen molar-refractivity contribution >= 4 is 29.9 Å². The molecule has 0 bridgehead atoms. The van der Waals surface area contributed by atoms with E-state index in [1.165, 1.54) is 0 Å². The number of aromatic nitrogens is 3. The Balaban J connectivity index is 0.00000320. The number of aryl methyl sites for hydroxylation is 1. The van der Waals surface area contributed by atoms with Crippen molar-refractivity contribution in [1.29, 1.82) is 0 Å². The first kappa shape index (κ1) is 23.8. The lowest BCUT2D eigenvalue weighted by Gasteiger charge is -2.23. The second-order valence-corrected chi connectivity index (χ2v) is 8.04. The molecule has 0 saturated carbocycles. The van der Waals surface area contributed by atoms with Gasteiger partial charge in [0.15, 0.2) is 5.69 Å². The van der Waals surface area contributed by atoms with Crippen LogP contribution >= 0.6 is 12.4 Å². The quantitative estimate of drug-likeness (QED) is 0.649. The summed E-state index contributed by atoms with van der Waals surface area (Å²) in [6.45, 7) is 10.4. The van der Waals surface area contributed by atoms with Gasteiger partial charge in [-0.05, 0) is 69.5 Å². The van der Waals surface area contributed by atoms with Gasteiger partial charge < -0.3 is 16.0 Å². The predicted molar refractivity (Wildman–Crippen MR) is 119 cm³/mol. The minimum atomic E-state index is -0.289. The molecule has 2 heterocycles. The number of amides is 2. The van der Waals surface area contributed by atoms with Crippen LogP contribution in [0.2, 0.25) is 0 Å². The van der Waals surface area contributed by atoms with Crippen LogP contribution in [0.25, 0.3) is 0 Å². The van der Waals surface area contributed by atoms with Crippen LogP contribution in [0.5, 0.6) is 0 Å². The van der Waals surface area contributed by atoms with E-state index in [4.69, 9.17) is 0 Å². The maximum Gasteiger partial charge on any atom is 0.278 e. The third-order valence-electron chi connectivity index (χ3n) is 5.20. The van der Waals surface area contributed by atoms with Crippen LogP contribution in [0.3, 0.4) is 0 Å². The van der Waals surface area contributed by atoms with Crippen molar-refractivity contribution in [2.24, 2.45) is 5.92 Å². The lowest BCUT2D eigenvalue weighted by Crippen LogP contribution is -2.30. The van der Waals surface area contributed by atoms with Crippen molar-refractivity contribution in [2.45, 2.75) is 46.6 Å². The topological polar surface area (TPSA) is 101 Å². The Bertz CT molecular complexity index is 890. The predicted octanol–water partition coefficient (Wildman–Crippen LogP) is 2.88. The van der Waals surface area contributed by atoms with Crippen molar-refractivity contribution in [3.63, 3.8) is 0 Å². The highest BCUT2D eigenvalue weighted by molar-refractivity contribution is 6.04. The molecule has 0 atom stereocenters. The molecule has 9 heteroatoms. The maximum atomic E-state index is 12.8. The number of piperidine rings is 1. The molecular formula is C21H31ClN6O2. The number of carbonyl (C=O) groups excluding carboxylic acids is 2. The van der Waals surface area contributed by atoms with Gasteiger partial charge in [-0.25, -0.2) is 4.68 Å². The average molecular weight is 435 g/mol. The molecule has 0 spiro atoms. The largest absolute Gasteiger partial charge is 0.352 e. The van der Waals surface area contributed by atoms with Crippen LogP contribution in [-0.2, 0) is 0 Å². The number of carbonyl (C=O) groups is 2. The van der Waals surface area contributed by atoms with E-state index < -0.39 is 0 Å². The summed E-state index contributed by atoms with van der Waals surface area (Å²) < 4.78 is 1.87. The number of nitrogens with zero attached hydrogens (tertiary/aromatic N) is 3. The number of anilines is 1. The fourth-order valence-electron chi connectivity index (χ4n) is 3.47. The summed E-state index contributed by atoms with van der Waals surface area (Å²) in [4.78, 5) is 25.0. The van der Waals surface area contributed by atoms with Gasteiger partial charge in [0.05, 0.1) is 11.7 Å². The Kier molecular flexibility index (Phi) is 8.37. The summed E-state index contributed by atoms with van der Waals surface area (Å²) in [6, 6.07) is 5.53. The molecule has 1 aliphatic rings. The van der Waals surface area contributed by atoms with Gasteiger partial charge in [-0.15, -0.1) is 17.5 Å². The number of halogens is 1. The fraction of sp³-hybridized carbons (Fsp3) is 0.524. The van der Waals surface area contributed by atoms with E-state index in [1.807, 2.05) is 32.4 Å². The zero-order valence-corrected chi connectivity index (χ0v) is 18.8. The summed E-state index contributed by atoms with van der Waals surface area (Å²) in [5, 5.41) is 17.5. The van der Waals surface area contributed by atoms with E-state index in [-0.39, 0.29) is 30.3 Å². The molecule has 1 fully saturated rings. The molecule has 3 rings (SSSR count). The Labute approximate surface area is 183 Å². The van der Waals surface area contributed by atoms with E-state index in [9.17, 15) is 9.59 Å². The van der Waals surface area contributed by atoms with Crippen molar-refractivity contribution in [1.82, 2.24) is 25.6 Å². The minimum absolute atomic E-state index is 0. The summed E-state index contributed by atoms with van der Waals surface area (Å²) in [6.07, 6.45) is 1.95. The Hall–Kier alpha value is -2.45. The second kappa shape index (κ2) is 10.5. The SMILES string of the molecule is Cc1cc(C(=O)NCC(C)C)ccc1NC(=O)c1nnn(C2CCNCC2)c1C.Cl. The highest BCUT2D eigenvalue weighted by atomic mass is 35.5. The van der Waals surface area contributed by atoms with Gasteiger partial charge >= 0.3 is 0 Å². The summed E-state index contributed by atoms with van der Waals surface area (Å²) in [7, 11) is 0. The molecule has 0 aliphatic carbocycles. The first-order chi connectivity index (χ1) is 13.9. The molecule has 1 aliphatic heterocycles. The van der Waals surface area contributed by atoms with Gasteiger partial charge in [-0.1, -0.05) is 19.1 Å². The Morgan fingerprint density at radius 3 is 2.53 bits per heavy atom. The van der Waals surface area contributed by atoms with Crippen molar-refractivity contribution in [3.8, 4) is 0 Å². The first-order valence-corrected chi connectivity index (χ1v) is 10.2. The highest BCUT2D eigenvalue weighted by Gasteiger charge is 2.23. The fourth-order valence-corrected chi connectivity index (χ4v) is 3.47. The van der Waals surface area contributed by atoms with Crippen LogP contribution in [0, 0.1) is 19.8 Å². The van der Waals surface area contributed by atoms with Crippen LogP contribution in [0.15, 0.2) is 18.2 Å². The standard InChI is InChI=1S/C21H30N6O2.ClH/c1-13(2)12-23-20(28)16-5-6-18(14(3)11-16)24-21(29)19-15(4)27(26-25-19)17-7-9-22-10-8-17;/h5-6,11,13,17,22H,7-10,12H2,1-4H3,(H,23,28)(H,24,29);1H. The zero-order valence-electron chi connectivity index (χ0n) is 18.0. The molecule has 2 amide bonds. The van der Waals surface area contributed by atoms with E-state index in [0.29, 0.717) is 29.4 Å². The Morgan fingerprint density at radius 1 is 1.20 bits per heavy atom. The lowest BCUT2D eigenvalue weighted by atomic mass is 10.1. The van der Waals surface area contributed by atoms with E-state index >= 15 is 0 Å². The number of rotatable bonds is 6. The smallest absolute Gasteiger partial charge is 0.278 e. The van der Waals surface area contributed by atoms with Gasteiger partial charge in [0.2, 0.25) is 0 Å². The molecule has 3 N–H and O–H groups in total. The number of hydrogen-bond donors (Lipinski definition) is 3. The lowest BCUT2D eigenvalue weighted by molar-refractivity contribution is 0.0948. The summed E-state index contributed by atoms with van der Waals surface area (Å²) in [5.41, 5.74) is 3.16. The van der Waals surface area contributed by atoms with E-state index in [0.717, 1.165) is 37.2 Å². The van der Waals surface area contributed by atoms with Crippen LogP contribution < -0.4 is 16.0 Å². The molecule has 1 saturated heterocycles. The highest BCUT2D eigenvalue weighted by Crippen LogP contribution is 2.22. The van der Waals surface area contributed by atoms with Crippen LogP contribution in [0.1, 0.15) is 64.8 Å². The van der Waals surface area contributed by atoms with Crippen molar-refractivity contribution in [3.05, 3.63) is 40.7 Å². The summed E-state index contributed by atoms with van der Waals surface area (Å²) in [5.74, 6) is -0.0108. The molecule has 0 radical (unpaired) electrons. The van der Waals surface area contributed by atoms with Gasteiger partial charge in [-0.2, -0.15) is 0 Å². The maximum absolute atomic E-state index is 12.8. The zero-order chi connectivity index (χ0) is 21.0. The van der Waals surface area contributed by atoms with E-state index in [1.54, 1.807) is 18.2 Å². The van der Waals surface area contributed by atoms with Gasteiger partial charge in [-0.3, -0.25) is 9.59 Å². The average Bonchev–Trinajstić information content (AvgIpc) is 3.09. The molecule has 164 valence electrons. The van der Waals surface area contributed by atoms with Crippen LogP contribution in [-0.4, -0.2) is 46.4 Å². The number of hydrogen-bond acceptors (Lipinski definition) is 5. The Morgan fingerprint density at radius 2 is 1.90 bits per heavy atom. The first-order valence-electron chi connectivity index (χ1n) is 10.2. The van der Waals surface area contributed by atoms with Crippen molar-refractivity contribution < 1.29 is 9.59 Å².